The van der Waals surface area contributed by atoms with E-state index in [0.29, 0.717) is 34.3 Å². The number of rotatable bonds is 10. The van der Waals surface area contributed by atoms with E-state index in [1.54, 1.807) is 36.3 Å². The molecule has 4 rings (SSSR count). The van der Waals surface area contributed by atoms with Crippen LogP contribution in [0.5, 0.6) is 11.5 Å². The molecule has 7 heteroatoms. The molecule has 34 heavy (non-hydrogen) atoms. The van der Waals surface area contributed by atoms with E-state index in [1.807, 2.05) is 30.3 Å². The second kappa shape index (κ2) is 11.5. The Kier molecular flexibility index (Phi) is 8.19. The van der Waals surface area contributed by atoms with Gasteiger partial charge in [0.1, 0.15) is 16.7 Å². The number of thiocarbonyl (C=S) groups is 1. The lowest BCUT2D eigenvalue weighted by Crippen LogP contribution is -2.33. The molecule has 0 saturated carbocycles. The summed E-state index contributed by atoms with van der Waals surface area (Å²) in [6, 6.07) is 22.3. The predicted molar refractivity (Wildman–Crippen MR) is 138 cm³/mol. The van der Waals surface area contributed by atoms with E-state index in [-0.39, 0.29) is 23.6 Å². The summed E-state index contributed by atoms with van der Waals surface area (Å²) in [5, 5.41) is -0.251. The quantitative estimate of drug-likeness (QED) is 0.332. The minimum absolute atomic E-state index is 0.0573. The highest BCUT2D eigenvalue weighted by atomic mass is 32.2. The van der Waals surface area contributed by atoms with E-state index in [1.165, 1.54) is 23.4 Å². The zero-order chi connectivity index (χ0) is 23.9. The Labute approximate surface area is 209 Å². The first-order chi connectivity index (χ1) is 16.5. The highest BCUT2D eigenvalue weighted by molar-refractivity contribution is 8.24. The lowest BCUT2D eigenvalue weighted by molar-refractivity contribution is -0.126. The molecular formula is C27H26FNO3S2. The van der Waals surface area contributed by atoms with Gasteiger partial charge in [-0.3, -0.25) is 9.69 Å². The van der Waals surface area contributed by atoms with Crippen LogP contribution in [0.3, 0.4) is 0 Å². The molecule has 0 bridgehead atoms. The maximum Gasteiger partial charge on any atom is 0.241 e. The molecule has 1 amide bonds. The standard InChI is InChI=1S/C27H26FNO3S2/c1-31-24-16-20(13-14-23(24)32-18-21-11-5-6-12-22(21)28)17-25-26(30)29(27(33)34-25)15-7-10-19-8-3-2-4-9-19/h2-6,8-9,11-14,16,25H,7,10,15,17-18H2,1H3/t25-/m0/s1. The molecule has 3 aromatic carbocycles. The number of ether oxygens (including phenoxy) is 2. The van der Waals surface area contributed by atoms with Crippen molar-refractivity contribution in [1.82, 2.24) is 4.90 Å². The molecule has 1 heterocycles. The molecule has 1 aliphatic heterocycles. The highest BCUT2D eigenvalue weighted by Crippen LogP contribution is 2.34. The van der Waals surface area contributed by atoms with Crippen molar-refractivity contribution >= 4 is 34.2 Å². The average molecular weight is 496 g/mol. The summed E-state index contributed by atoms with van der Waals surface area (Å²) in [5.41, 5.74) is 2.69. The largest absolute Gasteiger partial charge is 0.493 e. The van der Waals surface area contributed by atoms with E-state index < -0.39 is 0 Å². The highest BCUT2D eigenvalue weighted by Gasteiger charge is 2.36. The molecule has 0 unspecified atom stereocenters. The third-order valence-corrected chi connectivity index (χ3v) is 7.27. The Morgan fingerprint density at radius 1 is 1.00 bits per heavy atom. The van der Waals surface area contributed by atoms with Crippen molar-refractivity contribution in [2.24, 2.45) is 0 Å². The van der Waals surface area contributed by atoms with Crippen LogP contribution in [-0.4, -0.2) is 34.0 Å². The third-order valence-electron chi connectivity index (χ3n) is 5.69. The molecule has 4 nitrogen and oxygen atoms in total. The van der Waals surface area contributed by atoms with Gasteiger partial charge in [0.2, 0.25) is 5.91 Å². The van der Waals surface area contributed by atoms with Crippen molar-refractivity contribution < 1.29 is 18.7 Å². The second-order valence-electron chi connectivity index (χ2n) is 8.02. The summed E-state index contributed by atoms with van der Waals surface area (Å²) in [7, 11) is 1.56. The van der Waals surface area contributed by atoms with Gasteiger partial charge in [-0.15, -0.1) is 0 Å². The van der Waals surface area contributed by atoms with E-state index >= 15 is 0 Å². The number of hydrogen-bond acceptors (Lipinski definition) is 5. The van der Waals surface area contributed by atoms with Gasteiger partial charge >= 0.3 is 0 Å². The van der Waals surface area contributed by atoms with Crippen molar-refractivity contribution in [2.45, 2.75) is 31.1 Å². The number of aryl methyl sites for hydroxylation is 1. The van der Waals surface area contributed by atoms with Crippen LogP contribution in [0.4, 0.5) is 4.39 Å². The number of amides is 1. The maximum atomic E-state index is 13.9. The van der Waals surface area contributed by atoms with Crippen LogP contribution in [0.2, 0.25) is 0 Å². The van der Waals surface area contributed by atoms with Crippen molar-refractivity contribution in [2.75, 3.05) is 13.7 Å². The topological polar surface area (TPSA) is 38.8 Å². The molecular weight excluding hydrogens is 469 g/mol. The number of nitrogens with zero attached hydrogens (tertiary/aromatic N) is 1. The summed E-state index contributed by atoms with van der Waals surface area (Å²) in [5.74, 6) is 0.825. The van der Waals surface area contributed by atoms with Gasteiger partial charge in [-0.2, -0.15) is 0 Å². The number of hydrogen-bond donors (Lipinski definition) is 0. The van der Waals surface area contributed by atoms with E-state index in [0.717, 1.165) is 18.4 Å². The molecule has 0 aromatic heterocycles. The number of methoxy groups -OCH3 is 1. The van der Waals surface area contributed by atoms with Gasteiger partial charge in [0.05, 0.1) is 12.4 Å². The van der Waals surface area contributed by atoms with Crippen LogP contribution in [0.25, 0.3) is 0 Å². The Morgan fingerprint density at radius 3 is 2.53 bits per heavy atom. The lowest BCUT2D eigenvalue weighted by atomic mass is 10.1. The molecule has 1 fully saturated rings. The van der Waals surface area contributed by atoms with Gasteiger partial charge in [0.25, 0.3) is 0 Å². The zero-order valence-electron chi connectivity index (χ0n) is 18.9. The fourth-order valence-corrected chi connectivity index (χ4v) is 5.44. The summed E-state index contributed by atoms with van der Waals surface area (Å²) in [6.45, 7) is 0.730. The van der Waals surface area contributed by atoms with Crippen LogP contribution in [0.1, 0.15) is 23.1 Å². The SMILES string of the molecule is COc1cc(C[C@@H]2SC(=S)N(CCCc3ccccc3)C2=O)ccc1OCc1ccccc1F. The molecule has 1 saturated heterocycles. The summed E-state index contributed by atoms with van der Waals surface area (Å²) >= 11 is 6.94. The molecule has 0 radical (unpaired) electrons. The van der Waals surface area contributed by atoms with Crippen LogP contribution < -0.4 is 9.47 Å². The maximum absolute atomic E-state index is 13.9. The molecule has 0 aliphatic carbocycles. The number of thioether (sulfide) groups is 1. The summed E-state index contributed by atoms with van der Waals surface area (Å²) in [4.78, 5) is 14.7. The van der Waals surface area contributed by atoms with Crippen molar-refractivity contribution in [1.29, 1.82) is 0 Å². The van der Waals surface area contributed by atoms with Crippen LogP contribution >= 0.6 is 24.0 Å². The van der Waals surface area contributed by atoms with E-state index in [2.05, 4.69) is 12.1 Å². The van der Waals surface area contributed by atoms with Crippen LogP contribution in [0, 0.1) is 5.82 Å². The third kappa shape index (κ3) is 5.96. The summed E-state index contributed by atoms with van der Waals surface area (Å²) < 4.78 is 25.8. The van der Waals surface area contributed by atoms with Crippen LogP contribution in [0.15, 0.2) is 72.8 Å². The van der Waals surface area contributed by atoms with E-state index in [9.17, 15) is 9.18 Å². The molecule has 3 aromatic rings. The first-order valence-electron chi connectivity index (χ1n) is 11.1. The summed E-state index contributed by atoms with van der Waals surface area (Å²) in [6.07, 6.45) is 2.32. The predicted octanol–water partition coefficient (Wildman–Crippen LogP) is 5.82. The number of halogens is 1. The lowest BCUT2D eigenvalue weighted by Gasteiger charge is -2.16. The Hall–Kier alpha value is -2.90. The molecule has 1 atom stereocenters. The molecule has 176 valence electrons. The minimum atomic E-state index is -0.306. The number of benzene rings is 3. The van der Waals surface area contributed by atoms with Crippen molar-refractivity contribution in [3.63, 3.8) is 0 Å². The number of carbonyl (C=O) groups excluding carboxylic acids is 1. The average Bonchev–Trinajstić information content (AvgIpc) is 3.12. The Morgan fingerprint density at radius 2 is 1.76 bits per heavy atom. The molecule has 1 aliphatic rings. The van der Waals surface area contributed by atoms with Gasteiger partial charge in [-0.1, -0.05) is 78.6 Å². The second-order valence-corrected chi connectivity index (χ2v) is 9.86. The Bertz CT molecular complexity index is 1160. The van der Waals surface area contributed by atoms with Crippen molar-refractivity contribution in [3.05, 3.63) is 95.3 Å². The van der Waals surface area contributed by atoms with Gasteiger partial charge in [-0.25, -0.2) is 4.39 Å². The zero-order valence-corrected chi connectivity index (χ0v) is 20.5. The van der Waals surface area contributed by atoms with Gasteiger partial charge < -0.3 is 9.47 Å². The normalized spacial score (nSPS) is 15.6. The van der Waals surface area contributed by atoms with Gasteiger partial charge in [0, 0.05) is 12.1 Å². The first kappa shape index (κ1) is 24.2. The minimum Gasteiger partial charge on any atom is -0.493 e. The number of carbonyl (C=O) groups is 1. The van der Waals surface area contributed by atoms with E-state index in [4.69, 9.17) is 21.7 Å². The monoisotopic (exact) mass is 495 g/mol. The fraction of sp³-hybridized carbons (Fsp3) is 0.259. The van der Waals surface area contributed by atoms with Gasteiger partial charge in [0.15, 0.2) is 11.5 Å². The van der Waals surface area contributed by atoms with Crippen molar-refractivity contribution in [3.8, 4) is 11.5 Å². The molecule has 0 spiro atoms. The molecule has 0 N–H and O–H groups in total. The van der Waals surface area contributed by atoms with Gasteiger partial charge in [-0.05, 0) is 48.6 Å². The smallest absolute Gasteiger partial charge is 0.241 e. The fourth-order valence-electron chi connectivity index (χ4n) is 3.86. The first-order valence-corrected chi connectivity index (χ1v) is 12.4. The van der Waals surface area contributed by atoms with Crippen LogP contribution in [-0.2, 0) is 24.2 Å². The Balaban J connectivity index is 1.35.